The van der Waals surface area contributed by atoms with Gasteiger partial charge in [0.1, 0.15) is 5.60 Å². The van der Waals surface area contributed by atoms with Gasteiger partial charge < -0.3 is 25.0 Å². The highest BCUT2D eigenvalue weighted by molar-refractivity contribution is 5.79. The predicted octanol–water partition coefficient (Wildman–Crippen LogP) is 2.22. The fourth-order valence-electron chi connectivity index (χ4n) is 2.06. The molecule has 1 amide bonds. The molecule has 0 rings (SSSR count). The molecule has 7 nitrogen and oxygen atoms in total. The lowest BCUT2D eigenvalue weighted by Crippen LogP contribution is -2.45. The van der Waals surface area contributed by atoms with Crippen LogP contribution in [0.5, 0.6) is 0 Å². The molecule has 0 saturated heterocycles. The van der Waals surface area contributed by atoms with Crippen molar-refractivity contribution in [1.82, 2.24) is 15.5 Å². The molecule has 0 aliphatic rings. The van der Waals surface area contributed by atoms with Crippen LogP contribution >= 0.6 is 0 Å². The average molecular weight is 345 g/mol. The monoisotopic (exact) mass is 344 g/mol. The van der Waals surface area contributed by atoms with Crippen LogP contribution in [0.3, 0.4) is 0 Å². The van der Waals surface area contributed by atoms with Crippen molar-refractivity contribution in [1.29, 1.82) is 0 Å². The third-order valence-corrected chi connectivity index (χ3v) is 3.14. The molecule has 24 heavy (non-hydrogen) atoms. The van der Waals surface area contributed by atoms with Gasteiger partial charge in [0.15, 0.2) is 5.96 Å². The molecule has 0 aromatic carbocycles. The molecule has 142 valence electrons. The summed E-state index contributed by atoms with van der Waals surface area (Å²) in [6.45, 7) is 13.6. The molecule has 1 atom stereocenters. The van der Waals surface area contributed by atoms with Crippen LogP contribution in [-0.4, -0.2) is 68.5 Å². The van der Waals surface area contributed by atoms with E-state index in [2.05, 4.69) is 15.6 Å². The highest BCUT2D eigenvalue weighted by Gasteiger charge is 2.23. The van der Waals surface area contributed by atoms with Crippen LogP contribution in [0.25, 0.3) is 0 Å². The lowest BCUT2D eigenvalue weighted by molar-refractivity contribution is 0.0190. The summed E-state index contributed by atoms with van der Waals surface area (Å²) in [4.78, 5) is 18.2. The quantitative estimate of drug-likeness (QED) is 0.401. The second-order valence-corrected chi connectivity index (χ2v) is 7.12. The molecule has 0 aromatic heterocycles. The van der Waals surface area contributed by atoms with Crippen molar-refractivity contribution in [2.75, 3.05) is 33.9 Å². The topological polar surface area (TPSA) is 75.2 Å². The molecule has 1 unspecified atom stereocenters. The summed E-state index contributed by atoms with van der Waals surface area (Å²) < 4.78 is 10.6. The van der Waals surface area contributed by atoms with Gasteiger partial charge in [0, 0.05) is 39.3 Å². The van der Waals surface area contributed by atoms with Crippen LogP contribution in [0.4, 0.5) is 4.79 Å². The van der Waals surface area contributed by atoms with Crippen LogP contribution in [0.2, 0.25) is 0 Å². The lowest BCUT2D eigenvalue weighted by atomic mass is 10.2. The molecule has 0 heterocycles. The molecule has 2 N–H and O–H groups in total. The molecular formula is C17H36N4O3. The van der Waals surface area contributed by atoms with E-state index in [-0.39, 0.29) is 18.2 Å². The molecule has 0 radical (unpaired) electrons. The maximum atomic E-state index is 12.2. The highest BCUT2D eigenvalue weighted by atomic mass is 16.6. The van der Waals surface area contributed by atoms with Crippen molar-refractivity contribution in [2.24, 2.45) is 4.99 Å². The first kappa shape index (κ1) is 22.5. The zero-order valence-corrected chi connectivity index (χ0v) is 16.6. The van der Waals surface area contributed by atoms with E-state index in [0.29, 0.717) is 19.7 Å². The lowest BCUT2D eigenvalue weighted by Gasteiger charge is -2.30. The first-order valence-corrected chi connectivity index (χ1v) is 8.56. The molecule has 7 heteroatoms. The Balaban J connectivity index is 4.31. The summed E-state index contributed by atoms with van der Waals surface area (Å²) in [5.74, 6) is 0.730. The van der Waals surface area contributed by atoms with Crippen molar-refractivity contribution in [3.63, 3.8) is 0 Å². The van der Waals surface area contributed by atoms with E-state index < -0.39 is 5.60 Å². The number of nitrogens with zero attached hydrogens (tertiary/aromatic N) is 2. The minimum atomic E-state index is -0.480. The number of rotatable bonds is 8. The molecule has 0 bridgehead atoms. The molecule has 0 spiro atoms. The van der Waals surface area contributed by atoms with Crippen molar-refractivity contribution in [2.45, 2.75) is 65.6 Å². The van der Waals surface area contributed by atoms with E-state index in [1.54, 1.807) is 19.1 Å². The van der Waals surface area contributed by atoms with Gasteiger partial charge in [0.2, 0.25) is 0 Å². The van der Waals surface area contributed by atoms with E-state index in [0.717, 1.165) is 12.4 Å². The van der Waals surface area contributed by atoms with Gasteiger partial charge in [0.05, 0.1) is 6.61 Å². The van der Waals surface area contributed by atoms with Gasteiger partial charge in [-0.05, 0) is 48.0 Å². The Labute approximate surface area is 147 Å². The van der Waals surface area contributed by atoms with E-state index >= 15 is 0 Å². The fraction of sp³-hybridized carbons (Fsp3) is 0.882. The molecule has 0 aliphatic heterocycles. The highest BCUT2D eigenvalue weighted by Crippen LogP contribution is 2.12. The predicted molar refractivity (Wildman–Crippen MR) is 98.5 cm³/mol. The van der Waals surface area contributed by atoms with Gasteiger partial charge in [-0.2, -0.15) is 0 Å². The summed E-state index contributed by atoms with van der Waals surface area (Å²) in [5, 5.41) is 6.49. The number of hydrogen-bond acceptors (Lipinski definition) is 4. The third-order valence-electron chi connectivity index (χ3n) is 3.14. The zero-order chi connectivity index (χ0) is 18.8. The maximum Gasteiger partial charge on any atom is 0.410 e. The Hall–Kier alpha value is -1.50. The Morgan fingerprint density at radius 1 is 1.25 bits per heavy atom. The number of ether oxygens (including phenoxy) is 2. The van der Waals surface area contributed by atoms with E-state index in [1.165, 1.54) is 0 Å². The minimum Gasteiger partial charge on any atom is -0.444 e. The zero-order valence-electron chi connectivity index (χ0n) is 16.6. The van der Waals surface area contributed by atoms with Gasteiger partial charge in [-0.1, -0.05) is 0 Å². The van der Waals surface area contributed by atoms with E-state index in [4.69, 9.17) is 9.47 Å². The van der Waals surface area contributed by atoms with E-state index in [9.17, 15) is 4.79 Å². The maximum absolute atomic E-state index is 12.2. The number of carbonyl (C=O) groups is 1. The van der Waals surface area contributed by atoms with Crippen LogP contribution in [0.15, 0.2) is 4.99 Å². The first-order chi connectivity index (χ1) is 11.1. The SMILES string of the molecule is CN=C(NCCCN(C(=O)OC(C)(C)C)C(C)C)NC(C)COC. The van der Waals surface area contributed by atoms with Crippen LogP contribution in [0, 0.1) is 0 Å². The summed E-state index contributed by atoms with van der Waals surface area (Å²) >= 11 is 0. The van der Waals surface area contributed by atoms with E-state index in [1.807, 2.05) is 41.5 Å². The van der Waals surface area contributed by atoms with Crippen LogP contribution in [-0.2, 0) is 9.47 Å². The van der Waals surface area contributed by atoms with Crippen molar-refractivity contribution < 1.29 is 14.3 Å². The average Bonchev–Trinajstić information content (AvgIpc) is 2.43. The summed E-state index contributed by atoms with van der Waals surface area (Å²) in [6, 6.07) is 0.272. The van der Waals surface area contributed by atoms with Crippen molar-refractivity contribution in [3.05, 3.63) is 0 Å². The molecule has 0 saturated carbocycles. The number of aliphatic imine (C=N–C) groups is 1. The van der Waals surface area contributed by atoms with Crippen molar-refractivity contribution >= 4 is 12.1 Å². The number of methoxy groups -OCH3 is 1. The number of hydrogen-bond donors (Lipinski definition) is 2. The van der Waals surface area contributed by atoms with Gasteiger partial charge in [-0.15, -0.1) is 0 Å². The first-order valence-electron chi connectivity index (χ1n) is 8.56. The van der Waals surface area contributed by atoms with Gasteiger partial charge in [-0.25, -0.2) is 4.79 Å². The second kappa shape index (κ2) is 11.1. The standard InChI is InChI=1S/C17H36N4O3/c1-13(2)21(16(22)24-17(4,5)6)11-9-10-19-15(18-7)20-14(3)12-23-8/h13-14H,9-12H2,1-8H3,(H2,18,19,20). The minimum absolute atomic E-state index is 0.0963. The Morgan fingerprint density at radius 3 is 2.33 bits per heavy atom. The molecular weight excluding hydrogens is 308 g/mol. The Bertz CT molecular complexity index is 392. The summed E-state index contributed by atoms with van der Waals surface area (Å²) in [7, 11) is 3.40. The van der Waals surface area contributed by atoms with Crippen LogP contribution < -0.4 is 10.6 Å². The van der Waals surface area contributed by atoms with Crippen LogP contribution in [0.1, 0.15) is 48.0 Å². The second-order valence-electron chi connectivity index (χ2n) is 7.12. The number of nitrogens with one attached hydrogen (secondary N) is 2. The third kappa shape index (κ3) is 10.3. The smallest absolute Gasteiger partial charge is 0.410 e. The van der Waals surface area contributed by atoms with Gasteiger partial charge in [-0.3, -0.25) is 4.99 Å². The number of amides is 1. The Kier molecular flexibility index (Phi) is 10.4. The number of carbonyl (C=O) groups excluding carboxylic acids is 1. The summed E-state index contributed by atoms with van der Waals surface area (Å²) in [5.41, 5.74) is -0.480. The fourth-order valence-corrected chi connectivity index (χ4v) is 2.06. The summed E-state index contributed by atoms with van der Waals surface area (Å²) in [6.07, 6.45) is 0.533. The van der Waals surface area contributed by atoms with Gasteiger partial charge in [0.25, 0.3) is 0 Å². The molecule has 0 aliphatic carbocycles. The Morgan fingerprint density at radius 2 is 1.88 bits per heavy atom. The largest absolute Gasteiger partial charge is 0.444 e. The number of guanidine groups is 1. The van der Waals surface area contributed by atoms with Crippen molar-refractivity contribution in [3.8, 4) is 0 Å². The molecule has 0 aromatic rings. The molecule has 0 fully saturated rings. The van der Waals surface area contributed by atoms with Gasteiger partial charge >= 0.3 is 6.09 Å². The normalized spacial score (nSPS) is 13.6.